The number of nitrogens with zero attached hydrogens (tertiary/aromatic N) is 2. The fraction of sp³-hybridized carbons (Fsp3) is 0.929. The van der Waals surface area contributed by atoms with E-state index in [1.54, 1.807) is 0 Å². The number of esters is 1. The van der Waals surface area contributed by atoms with Gasteiger partial charge in [0.25, 0.3) is 0 Å². The van der Waals surface area contributed by atoms with Gasteiger partial charge in [-0.15, -0.1) is 0 Å². The summed E-state index contributed by atoms with van der Waals surface area (Å²) in [5, 5.41) is 0. The molecule has 1 saturated heterocycles. The Bertz CT molecular complexity index is 277. The highest BCUT2D eigenvalue weighted by atomic mass is 16.6. The zero-order valence-corrected chi connectivity index (χ0v) is 12.8. The first-order valence-electron chi connectivity index (χ1n) is 7.24. The van der Waals surface area contributed by atoms with E-state index in [0.717, 1.165) is 32.6 Å². The molecule has 2 N–H and O–H groups in total. The molecule has 0 aromatic carbocycles. The van der Waals surface area contributed by atoms with Crippen molar-refractivity contribution in [3.8, 4) is 0 Å². The molecule has 1 rings (SSSR count). The maximum Gasteiger partial charge on any atom is 0.320 e. The molecule has 5 heteroatoms. The normalized spacial score (nSPS) is 20.3. The molecule has 0 aliphatic carbocycles. The van der Waals surface area contributed by atoms with Crippen molar-refractivity contribution in [2.45, 2.75) is 45.8 Å². The molecule has 0 amide bonds. The number of hydrogen-bond donors (Lipinski definition) is 1. The number of rotatable bonds is 5. The van der Waals surface area contributed by atoms with Crippen LogP contribution in [0.2, 0.25) is 0 Å². The minimum atomic E-state index is -0.397. The van der Waals surface area contributed by atoms with Crippen molar-refractivity contribution in [2.75, 3.05) is 39.3 Å². The predicted octanol–water partition coefficient (Wildman–Crippen LogP) is 0.683. The lowest BCUT2D eigenvalue weighted by Crippen LogP contribution is -2.53. The molecule has 0 bridgehead atoms. The van der Waals surface area contributed by atoms with E-state index in [-0.39, 0.29) is 5.97 Å². The Morgan fingerprint density at radius 1 is 1.26 bits per heavy atom. The summed E-state index contributed by atoms with van der Waals surface area (Å²) in [6.45, 7) is 12.8. The van der Waals surface area contributed by atoms with E-state index >= 15 is 0 Å². The highest BCUT2D eigenvalue weighted by molar-refractivity contribution is 5.72. The molecule has 0 saturated carbocycles. The van der Waals surface area contributed by atoms with Gasteiger partial charge < -0.3 is 10.5 Å². The van der Waals surface area contributed by atoms with Crippen LogP contribution in [0.3, 0.4) is 0 Å². The Morgan fingerprint density at radius 3 is 2.26 bits per heavy atom. The summed E-state index contributed by atoms with van der Waals surface area (Å²) < 4.78 is 5.34. The maximum atomic E-state index is 11.8. The van der Waals surface area contributed by atoms with Crippen LogP contribution in [0.1, 0.15) is 34.1 Å². The second-order valence-corrected chi connectivity index (χ2v) is 6.20. The van der Waals surface area contributed by atoms with E-state index < -0.39 is 5.60 Å². The van der Waals surface area contributed by atoms with E-state index in [2.05, 4.69) is 16.7 Å². The summed E-state index contributed by atoms with van der Waals surface area (Å²) in [4.78, 5) is 16.3. The van der Waals surface area contributed by atoms with Crippen molar-refractivity contribution in [3.05, 3.63) is 0 Å². The average molecular weight is 271 g/mol. The molecule has 1 fully saturated rings. The molecule has 1 aliphatic rings. The van der Waals surface area contributed by atoms with Gasteiger partial charge in [0, 0.05) is 38.8 Å². The third-order valence-electron chi connectivity index (χ3n) is 3.44. The van der Waals surface area contributed by atoms with Gasteiger partial charge in [-0.3, -0.25) is 14.6 Å². The fourth-order valence-corrected chi connectivity index (χ4v) is 2.42. The van der Waals surface area contributed by atoms with Crippen LogP contribution in [-0.4, -0.2) is 66.7 Å². The Kier molecular flexibility index (Phi) is 6.23. The Balaban J connectivity index is 2.32. The minimum absolute atomic E-state index is 0.133. The van der Waals surface area contributed by atoms with Gasteiger partial charge in [0.2, 0.25) is 0 Å². The largest absolute Gasteiger partial charge is 0.459 e. The Hall–Kier alpha value is -0.650. The van der Waals surface area contributed by atoms with Crippen molar-refractivity contribution >= 4 is 5.97 Å². The molecule has 0 spiro atoms. The average Bonchev–Trinajstić information content (AvgIpc) is 2.30. The summed E-state index contributed by atoms with van der Waals surface area (Å²) in [5.74, 6) is -0.133. The zero-order chi connectivity index (χ0) is 14.5. The lowest BCUT2D eigenvalue weighted by atomic mass is 10.1. The van der Waals surface area contributed by atoms with Gasteiger partial charge >= 0.3 is 5.97 Å². The summed E-state index contributed by atoms with van der Waals surface area (Å²) in [6, 6.07) is 0.476. The maximum absolute atomic E-state index is 11.8. The van der Waals surface area contributed by atoms with E-state index in [1.165, 1.54) is 0 Å². The highest BCUT2D eigenvalue weighted by Crippen LogP contribution is 2.10. The number of hydrogen-bond acceptors (Lipinski definition) is 5. The first kappa shape index (κ1) is 16.4. The van der Waals surface area contributed by atoms with Gasteiger partial charge in [-0.25, -0.2) is 0 Å². The van der Waals surface area contributed by atoms with Gasteiger partial charge in [0.05, 0.1) is 6.54 Å². The van der Waals surface area contributed by atoms with E-state index in [9.17, 15) is 4.79 Å². The van der Waals surface area contributed by atoms with Crippen molar-refractivity contribution in [1.29, 1.82) is 0 Å². The number of carbonyl (C=O) groups is 1. The van der Waals surface area contributed by atoms with Gasteiger partial charge in [0.1, 0.15) is 5.60 Å². The molecular formula is C14H29N3O2. The summed E-state index contributed by atoms with van der Waals surface area (Å²) in [5.41, 5.74) is 5.37. The van der Waals surface area contributed by atoms with E-state index in [1.807, 2.05) is 20.8 Å². The molecule has 0 radical (unpaired) electrons. The highest BCUT2D eigenvalue weighted by Gasteiger charge is 2.24. The van der Waals surface area contributed by atoms with E-state index in [0.29, 0.717) is 19.1 Å². The number of ether oxygens (including phenoxy) is 1. The summed E-state index contributed by atoms with van der Waals surface area (Å²) >= 11 is 0. The molecule has 1 aliphatic heterocycles. The third kappa shape index (κ3) is 5.89. The molecule has 112 valence electrons. The lowest BCUT2D eigenvalue weighted by Gasteiger charge is -2.38. The summed E-state index contributed by atoms with van der Waals surface area (Å²) in [6.07, 6.45) is 1.09. The SMILES string of the molecule is CCC(CN)N1CCN(CC(=O)OC(C)(C)C)CC1. The van der Waals surface area contributed by atoms with Gasteiger partial charge in [-0.1, -0.05) is 6.92 Å². The summed E-state index contributed by atoms with van der Waals surface area (Å²) in [7, 11) is 0. The van der Waals surface area contributed by atoms with Crippen LogP contribution in [0.5, 0.6) is 0 Å². The molecule has 5 nitrogen and oxygen atoms in total. The molecule has 1 atom stereocenters. The van der Waals surface area contributed by atoms with Crippen LogP contribution in [-0.2, 0) is 9.53 Å². The first-order chi connectivity index (χ1) is 8.85. The standard InChI is InChI=1S/C14H29N3O2/c1-5-12(10-15)17-8-6-16(7-9-17)11-13(18)19-14(2,3)4/h12H,5-11,15H2,1-4H3. The smallest absolute Gasteiger partial charge is 0.320 e. The van der Waals surface area contributed by atoms with Gasteiger partial charge in [-0.05, 0) is 27.2 Å². The number of piperazine rings is 1. The molecule has 1 unspecified atom stereocenters. The molecule has 0 aromatic heterocycles. The second-order valence-electron chi connectivity index (χ2n) is 6.20. The fourth-order valence-electron chi connectivity index (χ4n) is 2.42. The van der Waals surface area contributed by atoms with Gasteiger partial charge in [0.15, 0.2) is 0 Å². The molecular weight excluding hydrogens is 242 g/mol. The minimum Gasteiger partial charge on any atom is -0.459 e. The molecule has 19 heavy (non-hydrogen) atoms. The van der Waals surface area contributed by atoms with Crippen molar-refractivity contribution in [3.63, 3.8) is 0 Å². The molecule has 1 heterocycles. The first-order valence-corrected chi connectivity index (χ1v) is 7.24. The number of nitrogens with two attached hydrogens (primary N) is 1. The quantitative estimate of drug-likeness (QED) is 0.745. The van der Waals surface area contributed by atoms with Crippen LogP contribution in [0.25, 0.3) is 0 Å². The van der Waals surface area contributed by atoms with Crippen molar-refractivity contribution in [2.24, 2.45) is 5.73 Å². The van der Waals surface area contributed by atoms with Crippen molar-refractivity contribution in [1.82, 2.24) is 9.80 Å². The molecule has 0 aromatic rings. The van der Waals surface area contributed by atoms with Crippen LogP contribution >= 0.6 is 0 Å². The zero-order valence-electron chi connectivity index (χ0n) is 12.8. The van der Waals surface area contributed by atoms with Crippen LogP contribution in [0.15, 0.2) is 0 Å². The van der Waals surface area contributed by atoms with E-state index in [4.69, 9.17) is 10.5 Å². The van der Waals surface area contributed by atoms with Crippen LogP contribution < -0.4 is 5.73 Å². The third-order valence-corrected chi connectivity index (χ3v) is 3.44. The Labute approximate surface area is 117 Å². The lowest BCUT2D eigenvalue weighted by molar-refractivity contribution is -0.156. The Morgan fingerprint density at radius 2 is 1.84 bits per heavy atom. The number of carbonyl (C=O) groups excluding carboxylic acids is 1. The van der Waals surface area contributed by atoms with Crippen molar-refractivity contribution < 1.29 is 9.53 Å². The monoisotopic (exact) mass is 271 g/mol. The van der Waals surface area contributed by atoms with Gasteiger partial charge in [-0.2, -0.15) is 0 Å². The second kappa shape index (κ2) is 7.22. The van der Waals surface area contributed by atoms with Crippen LogP contribution in [0.4, 0.5) is 0 Å². The van der Waals surface area contributed by atoms with Crippen LogP contribution in [0, 0.1) is 0 Å². The predicted molar refractivity (Wildman–Crippen MR) is 77.0 cm³/mol. The topological polar surface area (TPSA) is 58.8 Å².